The number of ether oxygens (including phenoxy) is 1. The molecule has 5 heteroatoms. The topological polar surface area (TPSA) is 44.9 Å². The minimum Gasteiger partial charge on any atom is -0.476 e. The lowest BCUT2D eigenvalue weighted by molar-refractivity contribution is 0.354. The van der Waals surface area contributed by atoms with E-state index in [4.69, 9.17) is 4.74 Å². The van der Waals surface area contributed by atoms with E-state index in [1.54, 1.807) is 0 Å². The van der Waals surface area contributed by atoms with Crippen LogP contribution in [0, 0.1) is 27.7 Å². The van der Waals surface area contributed by atoms with Crippen molar-refractivity contribution < 1.29 is 4.74 Å². The Morgan fingerprint density at radius 3 is 2.29 bits per heavy atom. The molecule has 0 fully saturated rings. The van der Waals surface area contributed by atoms with E-state index in [-0.39, 0.29) is 0 Å². The number of fused-ring (bicyclic) bond motifs is 2. The summed E-state index contributed by atoms with van der Waals surface area (Å²) in [6.45, 7) is 11.1. The van der Waals surface area contributed by atoms with Gasteiger partial charge in [-0.15, -0.1) is 0 Å². The molecule has 4 heterocycles. The number of hydrogen-bond acceptors (Lipinski definition) is 3. The molecule has 2 aliphatic heterocycles. The first-order valence-electron chi connectivity index (χ1n) is 7.77. The molecule has 0 bridgehead atoms. The van der Waals surface area contributed by atoms with Gasteiger partial charge >= 0.3 is 0 Å². The Labute approximate surface area is 125 Å². The van der Waals surface area contributed by atoms with Crippen LogP contribution in [-0.2, 0) is 19.5 Å². The summed E-state index contributed by atoms with van der Waals surface area (Å²) < 4.78 is 9.45. The molecule has 5 nitrogen and oxygen atoms in total. The highest BCUT2D eigenvalue weighted by Crippen LogP contribution is 2.24. The molecule has 0 aromatic carbocycles. The van der Waals surface area contributed by atoms with Crippen LogP contribution in [0.4, 0.5) is 0 Å². The van der Waals surface area contributed by atoms with Gasteiger partial charge in [-0.05, 0) is 52.5 Å². The second kappa shape index (κ2) is 5.54. The molecule has 2 aliphatic rings. The van der Waals surface area contributed by atoms with Gasteiger partial charge in [-0.3, -0.25) is 4.68 Å². The van der Waals surface area contributed by atoms with Crippen LogP contribution in [-0.4, -0.2) is 26.2 Å². The van der Waals surface area contributed by atoms with Crippen LogP contribution in [0.15, 0.2) is 0 Å². The molecule has 0 amide bonds. The van der Waals surface area contributed by atoms with E-state index in [0.29, 0.717) is 0 Å². The van der Waals surface area contributed by atoms with Crippen LogP contribution in [0.5, 0.6) is 5.88 Å². The summed E-state index contributed by atoms with van der Waals surface area (Å²) in [4.78, 5) is 0. The molecule has 21 heavy (non-hydrogen) atoms. The molecule has 2 aromatic rings. The molecule has 0 saturated carbocycles. The van der Waals surface area contributed by atoms with Crippen LogP contribution >= 0.6 is 0 Å². The van der Waals surface area contributed by atoms with E-state index in [2.05, 4.69) is 28.7 Å². The summed E-state index contributed by atoms with van der Waals surface area (Å²) in [5.41, 5.74) is 6.34. The highest BCUT2D eigenvalue weighted by molar-refractivity contribution is 5.30. The smallest absolute Gasteiger partial charge is 0.215 e. The van der Waals surface area contributed by atoms with Gasteiger partial charge in [-0.2, -0.15) is 10.2 Å². The van der Waals surface area contributed by atoms with Gasteiger partial charge in [0.15, 0.2) is 0 Å². The van der Waals surface area contributed by atoms with Crippen molar-refractivity contribution in [1.29, 1.82) is 0 Å². The second-order valence-electron chi connectivity index (χ2n) is 5.92. The van der Waals surface area contributed by atoms with Crippen molar-refractivity contribution in [3.8, 4) is 5.88 Å². The normalized spacial score (nSPS) is 15.8. The van der Waals surface area contributed by atoms with E-state index in [1.807, 2.05) is 18.5 Å². The Bertz CT molecular complexity index is 654. The summed E-state index contributed by atoms with van der Waals surface area (Å²) in [7, 11) is 0. The van der Waals surface area contributed by atoms with Crippen molar-refractivity contribution in [3.63, 3.8) is 0 Å². The lowest BCUT2D eigenvalue weighted by Gasteiger charge is -2.13. The molecule has 114 valence electrons. The molecular formula is C16H24N4O. The van der Waals surface area contributed by atoms with Crippen LogP contribution in [0.2, 0.25) is 0 Å². The quantitative estimate of drug-likeness (QED) is 0.748. The van der Waals surface area contributed by atoms with E-state index in [9.17, 15) is 0 Å². The zero-order chi connectivity index (χ0) is 15.0. The van der Waals surface area contributed by atoms with Crippen molar-refractivity contribution in [2.75, 3.05) is 6.61 Å². The SMILES string of the molecule is Cc1nn2c(c1C)CCCC2.Cc1nn2c(c1C)OCC2. The number of nitrogens with zero attached hydrogens (tertiary/aromatic N) is 4. The molecule has 0 unspecified atom stereocenters. The van der Waals surface area contributed by atoms with Gasteiger partial charge in [-0.1, -0.05) is 0 Å². The molecule has 0 radical (unpaired) electrons. The third-order valence-electron chi connectivity index (χ3n) is 4.50. The first-order valence-corrected chi connectivity index (χ1v) is 7.77. The largest absolute Gasteiger partial charge is 0.476 e. The van der Waals surface area contributed by atoms with E-state index >= 15 is 0 Å². The molecule has 0 N–H and O–H groups in total. The summed E-state index contributed by atoms with van der Waals surface area (Å²) in [6.07, 6.45) is 3.87. The third-order valence-corrected chi connectivity index (χ3v) is 4.50. The van der Waals surface area contributed by atoms with Crippen molar-refractivity contribution >= 4 is 0 Å². The zero-order valence-corrected chi connectivity index (χ0v) is 13.4. The minimum absolute atomic E-state index is 0.781. The van der Waals surface area contributed by atoms with Gasteiger partial charge in [0.25, 0.3) is 0 Å². The average Bonchev–Trinajstić information content (AvgIpc) is 3.11. The maximum Gasteiger partial charge on any atom is 0.215 e. The highest BCUT2D eigenvalue weighted by Gasteiger charge is 2.17. The van der Waals surface area contributed by atoms with Crippen molar-refractivity contribution in [1.82, 2.24) is 19.6 Å². The Morgan fingerprint density at radius 2 is 1.57 bits per heavy atom. The van der Waals surface area contributed by atoms with E-state index in [1.165, 1.54) is 41.8 Å². The van der Waals surface area contributed by atoms with Gasteiger partial charge in [0, 0.05) is 17.8 Å². The summed E-state index contributed by atoms with van der Waals surface area (Å²) in [6, 6.07) is 0. The first-order chi connectivity index (χ1) is 10.1. The predicted molar refractivity (Wildman–Crippen MR) is 81.8 cm³/mol. The van der Waals surface area contributed by atoms with Gasteiger partial charge in [-0.25, -0.2) is 4.68 Å². The van der Waals surface area contributed by atoms with E-state index < -0.39 is 0 Å². The molecule has 0 aliphatic carbocycles. The third kappa shape index (κ3) is 2.57. The van der Waals surface area contributed by atoms with Crippen LogP contribution in [0.25, 0.3) is 0 Å². The molecule has 0 saturated heterocycles. The summed E-state index contributed by atoms with van der Waals surface area (Å²) in [5.74, 6) is 0.956. The summed E-state index contributed by atoms with van der Waals surface area (Å²) in [5, 5.41) is 8.75. The summed E-state index contributed by atoms with van der Waals surface area (Å²) >= 11 is 0. The molecular weight excluding hydrogens is 264 g/mol. The number of hydrogen-bond donors (Lipinski definition) is 0. The van der Waals surface area contributed by atoms with Crippen LogP contribution in [0.1, 0.15) is 41.1 Å². The lowest BCUT2D eigenvalue weighted by Crippen LogP contribution is -2.11. The Balaban J connectivity index is 0.000000126. The molecule has 2 aromatic heterocycles. The standard InChI is InChI=1S/C9H14N2.C7H10N2O/c1-7-8(2)10-11-6-4-3-5-9(7)11;1-5-6(2)8-9-3-4-10-7(5)9/h3-6H2,1-2H3;3-4H2,1-2H3. The molecule has 4 rings (SSSR count). The molecule has 0 atom stereocenters. The van der Waals surface area contributed by atoms with Gasteiger partial charge in [0.1, 0.15) is 6.61 Å². The number of rotatable bonds is 0. The van der Waals surface area contributed by atoms with Crippen molar-refractivity contribution in [3.05, 3.63) is 28.2 Å². The van der Waals surface area contributed by atoms with Crippen molar-refractivity contribution in [2.45, 2.75) is 60.0 Å². The van der Waals surface area contributed by atoms with Gasteiger partial charge in [0.2, 0.25) is 5.88 Å². The van der Waals surface area contributed by atoms with E-state index in [0.717, 1.165) is 31.3 Å². The average molecular weight is 288 g/mol. The predicted octanol–water partition coefficient (Wildman–Crippen LogP) is 2.73. The Hall–Kier alpha value is -1.78. The second-order valence-corrected chi connectivity index (χ2v) is 5.92. The fourth-order valence-corrected chi connectivity index (χ4v) is 2.99. The Morgan fingerprint density at radius 1 is 0.857 bits per heavy atom. The molecule has 0 spiro atoms. The maximum absolute atomic E-state index is 5.35. The maximum atomic E-state index is 5.35. The monoisotopic (exact) mass is 288 g/mol. The van der Waals surface area contributed by atoms with Crippen LogP contribution < -0.4 is 4.74 Å². The lowest BCUT2D eigenvalue weighted by atomic mass is 10.1. The first kappa shape index (κ1) is 14.2. The van der Waals surface area contributed by atoms with Crippen molar-refractivity contribution in [2.24, 2.45) is 0 Å². The van der Waals surface area contributed by atoms with Crippen LogP contribution in [0.3, 0.4) is 0 Å². The number of aryl methyl sites for hydroxylation is 3. The fraction of sp³-hybridized carbons (Fsp3) is 0.625. The zero-order valence-electron chi connectivity index (χ0n) is 13.4. The fourth-order valence-electron chi connectivity index (χ4n) is 2.99. The van der Waals surface area contributed by atoms with Gasteiger partial charge in [0.05, 0.1) is 17.9 Å². The van der Waals surface area contributed by atoms with Gasteiger partial charge < -0.3 is 4.74 Å². The number of aromatic nitrogens is 4. The Kier molecular flexibility index (Phi) is 3.74. The highest BCUT2D eigenvalue weighted by atomic mass is 16.5. The minimum atomic E-state index is 0.781.